The zero-order valence-corrected chi connectivity index (χ0v) is 20.1. The zero-order chi connectivity index (χ0) is 24.1. The summed E-state index contributed by atoms with van der Waals surface area (Å²) in [5.41, 5.74) is 4.79. The van der Waals surface area contributed by atoms with E-state index >= 15 is 0 Å². The van der Waals surface area contributed by atoms with Crippen molar-refractivity contribution in [2.75, 3.05) is 5.75 Å². The summed E-state index contributed by atoms with van der Waals surface area (Å²) in [7, 11) is 0. The van der Waals surface area contributed by atoms with Crippen LogP contribution < -0.4 is 5.63 Å². The van der Waals surface area contributed by atoms with Crippen molar-refractivity contribution in [3.63, 3.8) is 0 Å². The molecule has 0 saturated carbocycles. The zero-order valence-electron chi connectivity index (χ0n) is 19.3. The van der Waals surface area contributed by atoms with E-state index in [0.29, 0.717) is 29.7 Å². The van der Waals surface area contributed by atoms with Crippen LogP contribution in [0.1, 0.15) is 29.4 Å². The average Bonchev–Trinajstić information content (AvgIpc) is 2.85. The first kappa shape index (κ1) is 23.5. The summed E-state index contributed by atoms with van der Waals surface area (Å²) in [4.78, 5) is 14.2. The first-order valence-corrected chi connectivity index (χ1v) is 12.2. The van der Waals surface area contributed by atoms with Gasteiger partial charge in [0.05, 0.1) is 0 Å². The Morgan fingerprint density at radius 3 is 2.35 bits per heavy atom. The lowest BCUT2D eigenvalue weighted by atomic mass is 9.89. The smallest absolute Gasteiger partial charge is 0.347 e. The molecule has 170 valence electrons. The minimum Gasteiger partial charge on any atom is -0.507 e. The van der Waals surface area contributed by atoms with Gasteiger partial charge in [-0.2, -0.15) is 0 Å². The van der Waals surface area contributed by atoms with Gasteiger partial charge in [-0.25, -0.2) is 4.79 Å². The molecule has 0 saturated heterocycles. The molecule has 4 heteroatoms. The number of aromatic hydroxyl groups is 1. The van der Waals surface area contributed by atoms with Crippen molar-refractivity contribution < 1.29 is 9.52 Å². The fraction of sp³-hybridized carbons (Fsp3) is 0.167. The van der Waals surface area contributed by atoms with E-state index in [-0.39, 0.29) is 11.3 Å². The molecule has 0 spiro atoms. The Hall–Kier alpha value is -3.68. The van der Waals surface area contributed by atoms with Gasteiger partial charge in [0.2, 0.25) is 0 Å². The average molecular weight is 467 g/mol. The molecule has 0 radical (unpaired) electrons. The van der Waals surface area contributed by atoms with Crippen molar-refractivity contribution in [2.45, 2.75) is 31.6 Å². The largest absolute Gasteiger partial charge is 0.507 e. The third-order valence-corrected chi connectivity index (χ3v) is 6.75. The molecule has 4 rings (SSSR count). The van der Waals surface area contributed by atoms with Crippen LogP contribution in [0.15, 0.2) is 86.9 Å². The van der Waals surface area contributed by atoms with Gasteiger partial charge in [0.15, 0.2) is 0 Å². The highest BCUT2D eigenvalue weighted by atomic mass is 32.2. The minimum absolute atomic E-state index is 0.106. The maximum absolute atomic E-state index is 13.0. The lowest BCUT2D eigenvalue weighted by molar-refractivity contribution is 0.430. The monoisotopic (exact) mass is 466 g/mol. The predicted molar refractivity (Wildman–Crippen MR) is 140 cm³/mol. The Kier molecular flexibility index (Phi) is 7.25. The molecule has 0 aliphatic heterocycles. The lowest BCUT2D eigenvalue weighted by Gasteiger charge is -2.15. The van der Waals surface area contributed by atoms with Gasteiger partial charge >= 0.3 is 5.63 Å². The van der Waals surface area contributed by atoms with Crippen LogP contribution in [-0.4, -0.2) is 10.9 Å². The summed E-state index contributed by atoms with van der Waals surface area (Å²) in [5.74, 6) is 3.78. The molecule has 1 N–H and O–H groups in total. The fourth-order valence-electron chi connectivity index (χ4n) is 3.97. The van der Waals surface area contributed by atoms with E-state index in [1.807, 2.05) is 49.4 Å². The van der Waals surface area contributed by atoms with E-state index in [0.717, 1.165) is 27.3 Å². The Morgan fingerprint density at radius 1 is 0.971 bits per heavy atom. The molecule has 0 aliphatic rings. The van der Waals surface area contributed by atoms with Crippen LogP contribution in [0.5, 0.6) is 5.75 Å². The van der Waals surface area contributed by atoms with Gasteiger partial charge in [0.1, 0.15) is 17.1 Å². The topological polar surface area (TPSA) is 50.4 Å². The highest BCUT2D eigenvalue weighted by molar-refractivity contribution is 7.99. The van der Waals surface area contributed by atoms with Gasteiger partial charge in [-0.3, -0.25) is 0 Å². The van der Waals surface area contributed by atoms with E-state index in [4.69, 9.17) is 10.8 Å². The predicted octanol–water partition coefficient (Wildman–Crippen LogP) is 6.87. The Morgan fingerprint density at radius 2 is 1.71 bits per heavy atom. The summed E-state index contributed by atoms with van der Waals surface area (Å²) in [6.07, 6.45) is 7.03. The van der Waals surface area contributed by atoms with Crippen molar-refractivity contribution in [3.05, 3.63) is 106 Å². The molecule has 0 atom stereocenters. The number of thioether (sulfide) groups is 1. The highest BCUT2D eigenvalue weighted by Crippen LogP contribution is 2.36. The van der Waals surface area contributed by atoms with Crippen molar-refractivity contribution in [2.24, 2.45) is 0 Å². The molecule has 0 bridgehead atoms. The summed E-state index contributed by atoms with van der Waals surface area (Å²) in [5, 5.41) is 10.9. The molecule has 1 heterocycles. The number of hydrogen-bond acceptors (Lipinski definition) is 4. The number of hydrogen-bond donors (Lipinski definition) is 1. The second kappa shape index (κ2) is 10.5. The van der Waals surface area contributed by atoms with Gasteiger partial charge in [0, 0.05) is 34.3 Å². The van der Waals surface area contributed by atoms with E-state index in [2.05, 4.69) is 37.1 Å². The Labute approximate surface area is 204 Å². The molecule has 4 aromatic rings. The molecule has 0 aliphatic carbocycles. The molecule has 3 nitrogen and oxygen atoms in total. The summed E-state index contributed by atoms with van der Waals surface area (Å²) < 4.78 is 5.62. The SMILES string of the molecule is C#Cc1cc(-c2ccccc2)cc(CC)c1-c1c(O)cc(CCSc2ccc(C)cc2)oc1=O. The number of benzene rings is 3. The molecular weight excluding hydrogens is 440 g/mol. The third-order valence-electron chi connectivity index (χ3n) is 5.73. The Bertz CT molecular complexity index is 1390. The molecule has 34 heavy (non-hydrogen) atoms. The Balaban J connectivity index is 1.65. The van der Waals surface area contributed by atoms with E-state index in [1.54, 1.807) is 11.8 Å². The quantitative estimate of drug-likeness (QED) is 0.239. The maximum Gasteiger partial charge on any atom is 0.347 e. The van der Waals surface area contributed by atoms with Crippen molar-refractivity contribution in [1.29, 1.82) is 0 Å². The number of aryl methyl sites for hydroxylation is 3. The summed E-state index contributed by atoms with van der Waals surface area (Å²) >= 11 is 1.68. The molecular formula is C30H26O3S. The normalized spacial score (nSPS) is 10.7. The second-order valence-electron chi connectivity index (χ2n) is 8.09. The fourth-order valence-corrected chi connectivity index (χ4v) is 4.84. The second-order valence-corrected chi connectivity index (χ2v) is 9.26. The van der Waals surface area contributed by atoms with E-state index in [9.17, 15) is 9.90 Å². The van der Waals surface area contributed by atoms with E-state index < -0.39 is 5.63 Å². The van der Waals surface area contributed by atoms with Crippen molar-refractivity contribution >= 4 is 11.8 Å². The van der Waals surface area contributed by atoms with Crippen LogP contribution in [0.25, 0.3) is 22.3 Å². The van der Waals surface area contributed by atoms with Gasteiger partial charge in [-0.05, 0) is 48.2 Å². The highest BCUT2D eigenvalue weighted by Gasteiger charge is 2.20. The van der Waals surface area contributed by atoms with Crippen LogP contribution in [-0.2, 0) is 12.8 Å². The first-order chi connectivity index (χ1) is 16.5. The number of terminal acetylenes is 1. The van der Waals surface area contributed by atoms with E-state index in [1.165, 1.54) is 11.6 Å². The third kappa shape index (κ3) is 5.11. The first-order valence-electron chi connectivity index (χ1n) is 11.2. The maximum atomic E-state index is 13.0. The summed E-state index contributed by atoms with van der Waals surface area (Å²) in [6.45, 7) is 4.06. The van der Waals surface area contributed by atoms with Crippen molar-refractivity contribution in [3.8, 4) is 40.3 Å². The lowest BCUT2D eigenvalue weighted by Crippen LogP contribution is -2.09. The molecule has 3 aromatic carbocycles. The number of rotatable bonds is 7. The van der Waals surface area contributed by atoms with Gasteiger partial charge in [-0.1, -0.05) is 66.9 Å². The van der Waals surface area contributed by atoms with Crippen LogP contribution in [0, 0.1) is 19.3 Å². The standard InChI is InChI=1S/C30H26O3S/c1-4-21-17-24(23-9-7-6-8-10-23)18-22(5-2)28(21)29-27(31)19-25(33-30(29)32)15-16-34-26-13-11-20(3)12-14-26/h1,6-14,17-19,31H,5,15-16H2,2-3H3. The van der Waals surface area contributed by atoms with Crippen LogP contribution in [0.4, 0.5) is 0 Å². The minimum atomic E-state index is -0.575. The van der Waals surface area contributed by atoms with Crippen LogP contribution in [0.3, 0.4) is 0 Å². The van der Waals surface area contributed by atoms with Gasteiger partial charge in [-0.15, -0.1) is 18.2 Å². The van der Waals surface area contributed by atoms with Crippen molar-refractivity contribution in [1.82, 2.24) is 0 Å². The van der Waals surface area contributed by atoms with Crippen LogP contribution in [0.2, 0.25) is 0 Å². The molecule has 0 fully saturated rings. The molecule has 0 unspecified atom stereocenters. The van der Waals surface area contributed by atoms with Gasteiger partial charge < -0.3 is 9.52 Å². The van der Waals surface area contributed by atoms with Crippen LogP contribution >= 0.6 is 11.8 Å². The molecule has 0 amide bonds. The molecule has 1 aromatic heterocycles. The summed E-state index contributed by atoms with van der Waals surface area (Å²) in [6, 6.07) is 23.7. The van der Waals surface area contributed by atoms with Gasteiger partial charge in [0.25, 0.3) is 0 Å².